The van der Waals surface area contributed by atoms with Crippen molar-refractivity contribution >= 4 is 5.69 Å². The lowest BCUT2D eigenvalue weighted by molar-refractivity contribution is 0.261. The average molecular weight is 338 g/mol. The molecule has 0 fully saturated rings. The minimum absolute atomic E-state index is 0.107. The molecule has 1 atom stereocenters. The second-order valence-electron chi connectivity index (χ2n) is 7.91. The fourth-order valence-corrected chi connectivity index (χ4v) is 3.60. The van der Waals surface area contributed by atoms with Crippen molar-refractivity contribution in [2.45, 2.75) is 31.7 Å². The second kappa shape index (κ2) is 7.09. The predicted octanol–water partition coefficient (Wildman–Crippen LogP) is 4.38. The van der Waals surface area contributed by atoms with Crippen LogP contribution in [0.3, 0.4) is 0 Å². The Labute approximate surface area is 152 Å². The van der Waals surface area contributed by atoms with E-state index in [0.29, 0.717) is 12.5 Å². The Bertz CT molecular complexity index is 709. The number of nitrogens with zero attached hydrogens (tertiary/aromatic N) is 2. The van der Waals surface area contributed by atoms with E-state index in [0.717, 1.165) is 18.7 Å². The Kier molecular flexibility index (Phi) is 5.05. The first-order valence-corrected chi connectivity index (χ1v) is 9.09. The van der Waals surface area contributed by atoms with Crippen molar-refractivity contribution in [3.8, 4) is 5.75 Å². The van der Waals surface area contributed by atoms with E-state index in [1.807, 2.05) is 0 Å². The quantitative estimate of drug-likeness (QED) is 0.805. The molecule has 0 bridgehead atoms. The second-order valence-corrected chi connectivity index (χ2v) is 7.91. The van der Waals surface area contributed by atoms with Crippen LogP contribution in [0.4, 0.5) is 5.69 Å². The van der Waals surface area contributed by atoms with Gasteiger partial charge in [0.15, 0.2) is 0 Å². The van der Waals surface area contributed by atoms with Crippen molar-refractivity contribution in [1.82, 2.24) is 4.90 Å². The van der Waals surface area contributed by atoms with Crippen molar-refractivity contribution in [1.29, 1.82) is 0 Å². The van der Waals surface area contributed by atoms with Gasteiger partial charge in [0.2, 0.25) is 0 Å². The molecule has 3 heteroatoms. The molecule has 134 valence electrons. The van der Waals surface area contributed by atoms with Gasteiger partial charge in [0.05, 0.1) is 0 Å². The maximum Gasteiger partial charge on any atom is 0.121 e. The summed E-state index contributed by atoms with van der Waals surface area (Å²) in [6.45, 7) is 6.28. The summed E-state index contributed by atoms with van der Waals surface area (Å²) < 4.78 is 5.97. The Morgan fingerprint density at radius 3 is 2.52 bits per heavy atom. The van der Waals surface area contributed by atoms with Gasteiger partial charge >= 0.3 is 0 Å². The molecule has 0 N–H and O–H groups in total. The normalized spacial score (nSPS) is 19.0. The van der Waals surface area contributed by atoms with E-state index in [9.17, 15) is 0 Å². The number of hydrogen-bond acceptors (Lipinski definition) is 3. The van der Waals surface area contributed by atoms with Gasteiger partial charge in [-0.05, 0) is 51.6 Å². The molecule has 3 rings (SSSR count). The Morgan fingerprint density at radius 1 is 1.12 bits per heavy atom. The van der Waals surface area contributed by atoms with Crippen LogP contribution in [0.1, 0.15) is 37.3 Å². The van der Waals surface area contributed by atoms with E-state index in [-0.39, 0.29) is 5.54 Å². The van der Waals surface area contributed by atoms with Crippen molar-refractivity contribution < 1.29 is 4.74 Å². The zero-order valence-corrected chi connectivity index (χ0v) is 16.1. The molecule has 1 aliphatic rings. The summed E-state index contributed by atoms with van der Waals surface area (Å²) in [6.07, 6.45) is 1.11. The van der Waals surface area contributed by atoms with E-state index in [2.05, 4.69) is 93.3 Å². The molecule has 0 saturated heterocycles. The van der Waals surface area contributed by atoms with Gasteiger partial charge in [0.25, 0.3) is 0 Å². The van der Waals surface area contributed by atoms with E-state index < -0.39 is 0 Å². The molecule has 0 saturated carbocycles. The summed E-state index contributed by atoms with van der Waals surface area (Å²) in [5.41, 5.74) is 4.18. The lowest BCUT2D eigenvalue weighted by atomic mass is 9.76. The molecule has 1 heterocycles. The zero-order valence-electron chi connectivity index (χ0n) is 16.1. The lowest BCUT2D eigenvalue weighted by Gasteiger charge is -2.46. The summed E-state index contributed by atoms with van der Waals surface area (Å²) in [4.78, 5) is 4.54. The van der Waals surface area contributed by atoms with Gasteiger partial charge in [-0.25, -0.2) is 0 Å². The Morgan fingerprint density at radius 2 is 1.84 bits per heavy atom. The number of benzene rings is 2. The molecule has 0 aromatic heterocycles. The topological polar surface area (TPSA) is 15.7 Å². The molecular weight excluding hydrogens is 308 g/mol. The molecular formula is C22H30N2O. The number of hydrogen-bond donors (Lipinski definition) is 0. The van der Waals surface area contributed by atoms with E-state index in [1.165, 1.54) is 16.8 Å². The highest BCUT2D eigenvalue weighted by Gasteiger charge is 2.36. The maximum absolute atomic E-state index is 5.97. The molecule has 2 aromatic carbocycles. The van der Waals surface area contributed by atoms with Crippen molar-refractivity contribution in [2.75, 3.05) is 39.2 Å². The number of likely N-dealkylation sites (N-methyl/N-ethyl adjacent to an activating group) is 1. The van der Waals surface area contributed by atoms with Crippen LogP contribution in [0.5, 0.6) is 5.75 Å². The smallest absolute Gasteiger partial charge is 0.121 e. The van der Waals surface area contributed by atoms with E-state index in [1.54, 1.807) is 0 Å². The first-order valence-electron chi connectivity index (χ1n) is 9.09. The zero-order chi connectivity index (χ0) is 18.0. The monoisotopic (exact) mass is 338 g/mol. The molecule has 1 aliphatic heterocycles. The highest BCUT2D eigenvalue weighted by molar-refractivity contribution is 5.63. The molecule has 2 aromatic rings. The van der Waals surface area contributed by atoms with Gasteiger partial charge in [-0.15, -0.1) is 0 Å². The van der Waals surface area contributed by atoms with Gasteiger partial charge < -0.3 is 14.5 Å². The third-order valence-electron chi connectivity index (χ3n) is 5.36. The van der Waals surface area contributed by atoms with Crippen molar-refractivity contribution in [2.24, 2.45) is 0 Å². The Hall–Kier alpha value is -2.00. The first kappa shape index (κ1) is 17.8. The van der Waals surface area contributed by atoms with E-state index in [4.69, 9.17) is 4.74 Å². The first-order chi connectivity index (χ1) is 11.9. The maximum atomic E-state index is 5.97. The predicted molar refractivity (Wildman–Crippen MR) is 106 cm³/mol. The van der Waals surface area contributed by atoms with Gasteiger partial charge in [0.1, 0.15) is 12.4 Å². The van der Waals surface area contributed by atoms with Gasteiger partial charge in [0, 0.05) is 36.8 Å². The van der Waals surface area contributed by atoms with Crippen molar-refractivity contribution in [3.05, 3.63) is 59.7 Å². The van der Waals surface area contributed by atoms with Crippen LogP contribution in [0.2, 0.25) is 0 Å². The fraction of sp³-hybridized carbons (Fsp3) is 0.455. The molecule has 3 nitrogen and oxygen atoms in total. The molecule has 0 aliphatic carbocycles. The van der Waals surface area contributed by atoms with Crippen LogP contribution in [0.15, 0.2) is 48.5 Å². The summed E-state index contributed by atoms with van der Waals surface area (Å²) >= 11 is 0. The van der Waals surface area contributed by atoms with Gasteiger partial charge in [-0.3, -0.25) is 0 Å². The summed E-state index contributed by atoms with van der Waals surface area (Å²) in [7, 11) is 6.33. The summed E-state index contributed by atoms with van der Waals surface area (Å²) in [5, 5.41) is 0. The van der Waals surface area contributed by atoms with Gasteiger partial charge in [-0.1, -0.05) is 36.4 Å². The number of fused-ring (bicyclic) bond motifs is 1. The van der Waals surface area contributed by atoms with Crippen LogP contribution in [0, 0.1) is 0 Å². The number of ether oxygens (including phenoxy) is 1. The van der Waals surface area contributed by atoms with Crippen LogP contribution >= 0.6 is 0 Å². The minimum atomic E-state index is 0.107. The molecule has 1 unspecified atom stereocenters. The SMILES string of the molecule is CN(C)CCOc1ccc2c(c1)N(C)C(C)(C)CC2c1ccccc1. The average Bonchev–Trinajstić information content (AvgIpc) is 2.59. The molecule has 25 heavy (non-hydrogen) atoms. The lowest BCUT2D eigenvalue weighted by Crippen LogP contribution is -2.46. The number of anilines is 1. The largest absolute Gasteiger partial charge is 0.492 e. The highest BCUT2D eigenvalue weighted by atomic mass is 16.5. The third kappa shape index (κ3) is 3.82. The highest BCUT2D eigenvalue weighted by Crippen LogP contribution is 2.46. The molecule has 0 spiro atoms. The fourth-order valence-electron chi connectivity index (χ4n) is 3.60. The summed E-state index contributed by atoms with van der Waals surface area (Å²) in [6, 6.07) is 17.4. The number of rotatable bonds is 5. The molecule has 0 amide bonds. The van der Waals surface area contributed by atoms with Crippen LogP contribution < -0.4 is 9.64 Å². The molecule has 0 radical (unpaired) electrons. The minimum Gasteiger partial charge on any atom is -0.492 e. The van der Waals surface area contributed by atoms with Crippen LogP contribution in [0.25, 0.3) is 0 Å². The van der Waals surface area contributed by atoms with Gasteiger partial charge in [-0.2, -0.15) is 0 Å². The Balaban J connectivity index is 1.93. The summed E-state index contributed by atoms with van der Waals surface area (Å²) in [5.74, 6) is 1.38. The van der Waals surface area contributed by atoms with E-state index >= 15 is 0 Å². The third-order valence-corrected chi connectivity index (χ3v) is 5.36. The van der Waals surface area contributed by atoms with Crippen molar-refractivity contribution in [3.63, 3.8) is 0 Å². The van der Waals surface area contributed by atoms with Crippen LogP contribution in [-0.2, 0) is 0 Å². The standard InChI is InChI=1S/C22H30N2O/c1-22(2)16-20(17-9-7-6-8-10-17)19-12-11-18(15-21(19)24(22)5)25-14-13-23(3)4/h6-12,15,20H,13-14,16H2,1-5H3. The van der Waals surface area contributed by atoms with Crippen LogP contribution in [-0.4, -0.2) is 44.7 Å².